The number of furan rings is 1. The predicted molar refractivity (Wildman–Crippen MR) is 59.8 cm³/mol. The van der Waals surface area contributed by atoms with E-state index < -0.39 is 11.9 Å². The van der Waals surface area contributed by atoms with Crippen molar-refractivity contribution >= 4 is 11.9 Å². The number of hydrogen-bond donors (Lipinski definition) is 0. The van der Waals surface area contributed by atoms with E-state index in [4.69, 9.17) is 9.15 Å². The third-order valence-electron chi connectivity index (χ3n) is 2.12. The highest BCUT2D eigenvalue weighted by molar-refractivity contribution is 5.90. The molecule has 5 nitrogen and oxygen atoms in total. The fraction of sp³-hybridized carbons (Fsp3) is 0.500. The van der Waals surface area contributed by atoms with Gasteiger partial charge in [0.2, 0.25) is 11.5 Å². The highest BCUT2D eigenvalue weighted by Gasteiger charge is 2.16. The van der Waals surface area contributed by atoms with Gasteiger partial charge in [0.1, 0.15) is 0 Å². The summed E-state index contributed by atoms with van der Waals surface area (Å²) in [6.45, 7) is 4.41. The van der Waals surface area contributed by atoms with Gasteiger partial charge in [-0.1, -0.05) is 13.8 Å². The largest absolute Gasteiger partial charge is 0.463 e. The van der Waals surface area contributed by atoms with Crippen molar-refractivity contribution in [2.24, 2.45) is 5.92 Å². The number of carbonyl (C=O) groups excluding carboxylic acids is 2. The van der Waals surface area contributed by atoms with Gasteiger partial charge < -0.3 is 13.9 Å². The summed E-state index contributed by atoms with van der Waals surface area (Å²) >= 11 is 0. The molecule has 0 N–H and O–H groups in total. The zero-order valence-electron chi connectivity index (χ0n) is 10.2. The van der Waals surface area contributed by atoms with Crippen LogP contribution in [0.5, 0.6) is 0 Å². The average molecular weight is 240 g/mol. The van der Waals surface area contributed by atoms with Crippen molar-refractivity contribution in [2.75, 3.05) is 13.7 Å². The van der Waals surface area contributed by atoms with E-state index in [-0.39, 0.29) is 11.5 Å². The lowest BCUT2D eigenvalue weighted by Crippen LogP contribution is -2.07. The van der Waals surface area contributed by atoms with Crippen LogP contribution in [0.25, 0.3) is 0 Å². The summed E-state index contributed by atoms with van der Waals surface area (Å²) in [5.41, 5.74) is 0. The Labute approximate surface area is 99.7 Å². The molecule has 0 saturated heterocycles. The maximum Gasteiger partial charge on any atom is 0.374 e. The SMILES string of the molecule is COC(=O)c1ccc(C(=O)OCCC(C)C)o1. The van der Waals surface area contributed by atoms with Crippen molar-refractivity contribution < 1.29 is 23.5 Å². The molecule has 5 heteroatoms. The van der Waals surface area contributed by atoms with Gasteiger partial charge in [-0.25, -0.2) is 9.59 Å². The Morgan fingerprint density at radius 2 is 1.82 bits per heavy atom. The predicted octanol–water partition coefficient (Wildman–Crippen LogP) is 2.27. The molecule has 0 atom stereocenters. The summed E-state index contributed by atoms with van der Waals surface area (Å²) < 4.78 is 14.4. The third-order valence-corrected chi connectivity index (χ3v) is 2.12. The van der Waals surface area contributed by atoms with E-state index in [0.29, 0.717) is 12.5 Å². The molecule has 1 aromatic heterocycles. The lowest BCUT2D eigenvalue weighted by atomic mass is 10.1. The standard InChI is InChI=1S/C12H16O5/c1-8(2)6-7-16-12(14)10-5-4-9(17-10)11(13)15-3/h4-5,8H,6-7H2,1-3H3. The minimum absolute atomic E-state index is 0.00848. The second-order valence-electron chi connectivity index (χ2n) is 3.97. The topological polar surface area (TPSA) is 65.7 Å². The first-order valence-corrected chi connectivity index (χ1v) is 5.40. The number of methoxy groups -OCH3 is 1. The van der Waals surface area contributed by atoms with Crippen molar-refractivity contribution in [2.45, 2.75) is 20.3 Å². The van der Waals surface area contributed by atoms with E-state index in [9.17, 15) is 9.59 Å². The Hall–Kier alpha value is -1.78. The molecule has 0 saturated carbocycles. The Morgan fingerprint density at radius 1 is 1.24 bits per heavy atom. The molecule has 0 amide bonds. The molecule has 1 rings (SSSR count). The summed E-state index contributed by atoms with van der Waals surface area (Å²) in [5, 5.41) is 0. The number of rotatable bonds is 5. The maximum absolute atomic E-state index is 11.5. The molecule has 0 unspecified atom stereocenters. The maximum atomic E-state index is 11.5. The van der Waals surface area contributed by atoms with Crippen molar-refractivity contribution in [3.63, 3.8) is 0 Å². The highest BCUT2D eigenvalue weighted by atomic mass is 16.6. The molecule has 0 aliphatic rings. The van der Waals surface area contributed by atoms with Gasteiger partial charge >= 0.3 is 11.9 Å². The van der Waals surface area contributed by atoms with Gasteiger partial charge in [0.25, 0.3) is 0 Å². The molecule has 0 aromatic carbocycles. The van der Waals surface area contributed by atoms with Crippen LogP contribution >= 0.6 is 0 Å². The monoisotopic (exact) mass is 240 g/mol. The van der Waals surface area contributed by atoms with Crippen LogP contribution in [-0.2, 0) is 9.47 Å². The molecule has 0 spiro atoms. The quantitative estimate of drug-likeness (QED) is 0.738. The fourth-order valence-corrected chi connectivity index (χ4v) is 1.12. The average Bonchev–Trinajstić information content (AvgIpc) is 2.76. The number of carbonyl (C=O) groups is 2. The molecule has 0 radical (unpaired) electrons. The van der Waals surface area contributed by atoms with E-state index >= 15 is 0 Å². The van der Waals surface area contributed by atoms with Crippen molar-refractivity contribution in [1.82, 2.24) is 0 Å². The summed E-state index contributed by atoms with van der Waals surface area (Å²) in [5.74, 6) is -0.727. The van der Waals surface area contributed by atoms with Crippen LogP contribution in [0.4, 0.5) is 0 Å². The van der Waals surface area contributed by atoms with Crippen LogP contribution in [0.3, 0.4) is 0 Å². The van der Waals surface area contributed by atoms with Gasteiger partial charge in [0, 0.05) is 0 Å². The second-order valence-corrected chi connectivity index (χ2v) is 3.97. The van der Waals surface area contributed by atoms with Gasteiger partial charge in [-0.2, -0.15) is 0 Å². The van der Waals surface area contributed by atoms with Crippen LogP contribution < -0.4 is 0 Å². The summed E-state index contributed by atoms with van der Waals surface area (Å²) in [4.78, 5) is 22.6. The molecule has 1 aromatic rings. The molecule has 0 aliphatic heterocycles. The van der Waals surface area contributed by atoms with E-state index in [1.807, 2.05) is 13.8 Å². The van der Waals surface area contributed by atoms with Crippen LogP contribution in [0.2, 0.25) is 0 Å². The van der Waals surface area contributed by atoms with Gasteiger partial charge in [0.05, 0.1) is 13.7 Å². The lowest BCUT2D eigenvalue weighted by molar-refractivity contribution is 0.0442. The van der Waals surface area contributed by atoms with Crippen LogP contribution in [0, 0.1) is 5.92 Å². The molecule has 0 bridgehead atoms. The van der Waals surface area contributed by atoms with E-state index in [2.05, 4.69) is 4.74 Å². The highest BCUT2D eigenvalue weighted by Crippen LogP contribution is 2.11. The normalized spacial score (nSPS) is 10.4. The van der Waals surface area contributed by atoms with Gasteiger partial charge in [0.15, 0.2) is 0 Å². The van der Waals surface area contributed by atoms with Crippen molar-refractivity contribution in [3.8, 4) is 0 Å². The van der Waals surface area contributed by atoms with Gasteiger partial charge in [-0.3, -0.25) is 0 Å². The van der Waals surface area contributed by atoms with Crippen LogP contribution in [0.1, 0.15) is 41.4 Å². The molecular formula is C12H16O5. The first-order valence-electron chi connectivity index (χ1n) is 5.40. The van der Waals surface area contributed by atoms with Crippen molar-refractivity contribution in [1.29, 1.82) is 0 Å². The number of esters is 2. The Bertz CT molecular complexity index is 391. The molecular weight excluding hydrogens is 224 g/mol. The fourth-order valence-electron chi connectivity index (χ4n) is 1.12. The van der Waals surface area contributed by atoms with E-state index in [1.54, 1.807) is 0 Å². The first kappa shape index (κ1) is 13.3. The zero-order valence-corrected chi connectivity index (χ0v) is 10.2. The molecule has 94 valence electrons. The third kappa shape index (κ3) is 3.94. The molecule has 0 aliphatic carbocycles. The Kier molecular flexibility index (Phi) is 4.75. The number of hydrogen-bond acceptors (Lipinski definition) is 5. The summed E-state index contributed by atoms with van der Waals surface area (Å²) in [6, 6.07) is 2.77. The minimum Gasteiger partial charge on any atom is -0.463 e. The minimum atomic E-state index is -0.619. The Morgan fingerprint density at radius 3 is 2.35 bits per heavy atom. The summed E-state index contributed by atoms with van der Waals surface area (Å²) in [7, 11) is 1.24. The van der Waals surface area contributed by atoms with Crippen molar-refractivity contribution in [3.05, 3.63) is 23.7 Å². The second kappa shape index (κ2) is 6.08. The summed E-state index contributed by atoms with van der Waals surface area (Å²) in [6.07, 6.45) is 0.788. The van der Waals surface area contributed by atoms with E-state index in [1.165, 1.54) is 19.2 Å². The van der Waals surface area contributed by atoms with E-state index in [0.717, 1.165) is 6.42 Å². The lowest BCUT2D eigenvalue weighted by Gasteiger charge is -2.04. The van der Waals surface area contributed by atoms with Crippen LogP contribution in [-0.4, -0.2) is 25.7 Å². The molecule has 0 fully saturated rings. The first-order chi connectivity index (χ1) is 8.04. The Balaban J connectivity index is 2.52. The zero-order chi connectivity index (χ0) is 12.8. The van der Waals surface area contributed by atoms with Gasteiger partial charge in [-0.15, -0.1) is 0 Å². The van der Waals surface area contributed by atoms with Gasteiger partial charge in [-0.05, 0) is 24.5 Å². The molecule has 17 heavy (non-hydrogen) atoms. The number of ether oxygens (including phenoxy) is 2. The smallest absolute Gasteiger partial charge is 0.374 e. The van der Waals surface area contributed by atoms with Crippen LogP contribution in [0.15, 0.2) is 16.5 Å². The molecule has 1 heterocycles.